The molecule has 33 heavy (non-hydrogen) atoms. The number of nitrogens with zero attached hydrogens (tertiary/aromatic N) is 2. The number of rotatable bonds is 8. The van der Waals surface area contributed by atoms with E-state index >= 15 is 0 Å². The molecule has 0 aliphatic rings. The van der Waals surface area contributed by atoms with E-state index in [1.807, 2.05) is 65.5 Å². The van der Waals surface area contributed by atoms with Gasteiger partial charge in [0.25, 0.3) is 11.6 Å². The first kappa shape index (κ1) is 22.0. The molecular formula is C26H24N3O4+. The number of nitro groups is 1. The second-order valence-electron chi connectivity index (χ2n) is 7.74. The number of non-ortho nitro benzene ring substituents is 1. The Labute approximate surface area is 191 Å². The van der Waals surface area contributed by atoms with Crippen molar-refractivity contribution in [2.24, 2.45) is 0 Å². The summed E-state index contributed by atoms with van der Waals surface area (Å²) in [6, 6.07) is 22.0. The predicted octanol–water partition coefficient (Wildman–Crippen LogP) is 4.06. The van der Waals surface area contributed by atoms with Crippen LogP contribution in [-0.2, 0) is 13.0 Å². The predicted molar refractivity (Wildman–Crippen MR) is 125 cm³/mol. The van der Waals surface area contributed by atoms with E-state index in [2.05, 4.69) is 5.32 Å². The summed E-state index contributed by atoms with van der Waals surface area (Å²) >= 11 is 0. The zero-order chi connectivity index (χ0) is 23.2. The van der Waals surface area contributed by atoms with Crippen LogP contribution >= 0.6 is 0 Å². The van der Waals surface area contributed by atoms with Crippen molar-refractivity contribution in [1.29, 1.82) is 0 Å². The fraction of sp³-hybridized carbons (Fsp3) is 0.154. The van der Waals surface area contributed by atoms with Crippen LogP contribution in [0.4, 0.5) is 5.69 Å². The first-order valence-corrected chi connectivity index (χ1v) is 10.6. The molecule has 0 saturated heterocycles. The number of amides is 1. The van der Waals surface area contributed by atoms with Gasteiger partial charge in [-0.15, -0.1) is 0 Å². The van der Waals surface area contributed by atoms with Crippen molar-refractivity contribution in [2.45, 2.75) is 13.0 Å². The molecule has 0 radical (unpaired) electrons. The number of carbonyl (C=O) groups excluding carboxylic acids is 1. The molecule has 0 fully saturated rings. The van der Waals surface area contributed by atoms with Crippen LogP contribution in [0.15, 0.2) is 85.2 Å². The number of nitrogens with one attached hydrogen (secondary N) is 1. The van der Waals surface area contributed by atoms with Gasteiger partial charge in [0.2, 0.25) is 0 Å². The van der Waals surface area contributed by atoms with Gasteiger partial charge in [0.05, 0.1) is 12.0 Å². The highest BCUT2D eigenvalue weighted by molar-refractivity contribution is 5.98. The summed E-state index contributed by atoms with van der Waals surface area (Å²) in [5.74, 6) is 0.688. The largest absolute Gasteiger partial charge is 0.497 e. The number of methoxy groups -OCH3 is 1. The summed E-state index contributed by atoms with van der Waals surface area (Å²) in [5, 5.41) is 15.8. The van der Waals surface area contributed by atoms with Crippen LogP contribution in [0.25, 0.3) is 10.8 Å². The highest BCUT2D eigenvalue weighted by atomic mass is 16.6. The summed E-state index contributed by atoms with van der Waals surface area (Å²) in [6.45, 7) is 1.16. The number of fused-ring (bicyclic) bond motifs is 1. The summed E-state index contributed by atoms with van der Waals surface area (Å²) in [6.07, 6.45) is 4.65. The number of nitro benzene ring substituents is 1. The Balaban J connectivity index is 1.30. The third-order valence-electron chi connectivity index (χ3n) is 5.48. The van der Waals surface area contributed by atoms with Crippen LogP contribution in [0, 0.1) is 10.1 Å². The maximum Gasteiger partial charge on any atom is 0.269 e. The van der Waals surface area contributed by atoms with Crippen molar-refractivity contribution in [1.82, 2.24) is 5.32 Å². The second-order valence-corrected chi connectivity index (χ2v) is 7.74. The average molecular weight is 442 g/mol. The smallest absolute Gasteiger partial charge is 0.269 e. The van der Waals surface area contributed by atoms with E-state index in [0.717, 1.165) is 34.1 Å². The fourth-order valence-electron chi connectivity index (χ4n) is 3.61. The Hall–Kier alpha value is -4.26. The molecule has 1 heterocycles. The molecule has 166 valence electrons. The van der Waals surface area contributed by atoms with Crippen molar-refractivity contribution in [3.05, 3.63) is 112 Å². The van der Waals surface area contributed by atoms with E-state index in [4.69, 9.17) is 4.74 Å². The molecule has 0 saturated carbocycles. The molecule has 0 unspecified atom stereocenters. The summed E-state index contributed by atoms with van der Waals surface area (Å²) < 4.78 is 7.25. The number of ether oxygens (including phenoxy) is 1. The molecule has 3 aromatic carbocycles. The van der Waals surface area contributed by atoms with Crippen LogP contribution in [-0.4, -0.2) is 24.5 Å². The van der Waals surface area contributed by atoms with Gasteiger partial charge in [-0.1, -0.05) is 12.1 Å². The fourth-order valence-corrected chi connectivity index (χ4v) is 3.61. The zero-order valence-corrected chi connectivity index (χ0v) is 18.2. The molecule has 1 amide bonds. The van der Waals surface area contributed by atoms with Crippen molar-refractivity contribution < 1.29 is 19.0 Å². The third-order valence-corrected chi connectivity index (χ3v) is 5.48. The summed E-state index contributed by atoms with van der Waals surface area (Å²) in [4.78, 5) is 22.9. The van der Waals surface area contributed by atoms with Crippen molar-refractivity contribution >= 4 is 22.4 Å². The van der Waals surface area contributed by atoms with Crippen molar-refractivity contribution in [3.63, 3.8) is 0 Å². The first-order chi connectivity index (χ1) is 16.0. The molecule has 1 aromatic heterocycles. The lowest BCUT2D eigenvalue weighted by Crippen LogP contribution is -2.33. The molecule has 1 N–H and O–H groups in total. The molecule has 7 nitrogen and oxygen atoms in total. The van der Waals surface area contributed by atoms with Gasteiger partial charge in [-0.25, -0.2) is 4.57 Å². The van der Waals surface area contributed by atoms with Crippen molar-refractivity contribution in [3.8, 4) is 5.75 Å². The van der Waals surface area contributed by atoms with Crippen LogP contribution in [0.3, 0.4) is 0 Å². The highest BCUT2D eigenvalue weighted by Crippen LogP contribution is 2.21. The monoisotopic (exact) mass is 442 g/mol. The van der Waals surface area contributed by atoms with Gasteiger partial charge in [0.15, 0.2) is 18.9 Å². The lowest BCUT2D eigenvalue weighted by molar-refractivity contribution is -0.688. The van der Waals surface area contributed by atoms with Gasteiger partial charge in [-0.3, -0.25) is 14.9 Å². The second kappa shape index (κ2) is 9.91. The van der Waals surface area contributed by atoms with E-state index < -0.39 is 4.92 Å². The molecule has 0 atom stereocenters. The van der Waals surface area contributed by atoms with Gasteiger partial charge in [-0.05, 0) is 59.2 Å². The Kier molecular flexibility index (Phi) is 6.59. The molecule has 4 rings (SSSR count). The Morgan fingerprint density at radius 1 is 0.939 bits per heavy atom. The van der Waals surface area contributed by atoms with E-state index in [9.17, 15) is 14.9 Å². The van der Waals surface area contributed by atoms with Gasteiger partial charge >= 0.3 is 0 Å². The number of hydrogen-bond acceptors (Lipinski definition) is 4. The molecule has 0 aliphatic carbocycles. The Bertz CT molecular complexity index is 1290. The SMILES string of the molecule is COc1ccc2cc(C(=O)NCCc3cc[n+](Cc4ccc([N+](=O)[O-])cc4)cc3)ccc2c1. The minimum Gasteiger partial charge on any atom is -0.497 e. The number of aromatic nitrogens is 1. The average Bonchev–Trinajstić information content (AvgIpc) is 2.84. The molecular weight excluding hydrogens is 418 g/mol. The Morgan fingerprint density at radius 2 is 1.64 bits per heavy atom. The maximum atomic E-state index is 12.5. The van der Waals surface area contributed by atoms with Crippen LogP contribution in [0.5, 0.6) is 5.75 Å². The van der Waals surface area contributed by atoms with Crippen LogP contribution in [0.2, 0.25) is 0 Å². The number of carbonyl (C=O) groups is 1. The standard InChI is InChI=1S/C26H23N3O4/c1-33-25-9-6-21-16-23(5-4-22(21)17-25)26(30)27-13-10-19-11-14-28(15-12-19)18-20-2-7-24(8-3-20)29(31)32/h2-9,11-12,14-17H,10,13,18H2,1H3/p+1. The molecule has 7 heteroatoms. The number of benzene rings is 3. The van der Waals surface area contributed by atoms with E-state index in [0.29, 0.717) is 18.7 Å². The van der Waals surface area contributed by atoms with Crippen molar-refractivity contribution in [2.75, 3.05) is 13.7 Å². The number of pyridine rings is 1. The van der Waals surface area contributed by atoms with Gasteiger partial charge in [-0.2, -0.15) is 0 Å². The van der Waals surface area contributed by atoms with Crippen LogP contribution < -0.4 is 14.6 Å². The quantitative estimate of drug-likeness (QED) is 0.253. The van der Waals surface area contributed by atoms with Gasteiger partial charge in [0.1, 0.15) is 5.75 Å². The summed E-state index contributed by atoms with van der Waals surface area (Å²) in [5.41, 5.74) is 2.81. The maximum absolute atomic E-state index is 12.5. The topological polar surface area (TPSA) is 85.3 Å². The normalized spacial score (nSPS) is 10.7. The molecule has 0 bridgehead atoms. The van der Waals surface area contributed by atoms with E-state index in [1.165, 1.54) is 12.1 Å². The first-order valence-electron chi connectivity index (χ1n) is 10.6. The molecule has 0 aliphatic heterocycles. The third kappa shape index (κ3) is 5.51. The van der Waals surface area contributed by atoms with E-state index in [1.54, 1.807) is 19.2 Å². The Morgan fingerprint density at radius 3 is 2.33 bits per heavy atom. The van der Waals surface area contributed by atoms with Gasteiger partial charge in [0, 0.05) is 41.9 Å². The minimum atomic E-state index is -0.401. The molecule has 4 aromatic rings. The summed E-state index contributed by atoms with van der Waals surface area (Å²) in [7, 11) is 1.63. The van der Waals surface area contributed by atoms with E-state index in [-0.39, 0.29) is 11.6 Å². The minimum absolute atomic E-state index is 0.0880. The lowest BCUT2D eigenvalue weighted by Gasteiger charge is -2.07. The van der Waals surface area contributed by atoms with Gasteiger partial charge < -0.3 is 10.1 Å². The molecule has 0 spiro atoms. The number of hydrogen-bond donors (Lipinski definition) is 1. The highest BCUT2D eigenvalue weighted by Gasteiger charge is 2.09. The van der Waals surface area contributed by atoms with Crippen LogP contribution in [0.1, 0.15) is 21.5 Å². The zero-order valence-electron chi connectivity index (χ0n) is 18.2. The lowest BCUT2D eigenvalue weighted by atomic mass is 10.1.